The second-order valence-electron chi connectivity index (χ2n) is 22.3. The molecule has 0 aliphatic rings. The van der Waals surface area contributed by atoms with Crippen molar-refractivity contribution in [2.24, 2.45) is 0 Å². The standard InChI is InChI=1S/C77H126O6/c1-4-7-10-13-16-19-22-25-28-31-32-33-34-35-36-37-38-39-40-41-42-43-44-47-49-52-55-58-61-64-67-70-76(79)82-73-74(83-77(80)71-68-65-62-59-56-53-50-46-30-27-24-21-18-15-12-9-6-3)72-81-75(78)69-66-63-60-57-54-51-48-45-29-26-23-20-17-14-11-8-5-2/h7,9-10,12,16,18-19,21,25-30,32-33,35-36,38-39,50,53,59,62,74H,4-6,8,11,13-15,17,20,22-24,31,34,37,40-49,51-52,54-58,60-61,63-73H2,1-3H3/b10-7-,12-9-,19-16-,21-18-,28-25-,29-26-,30-27-,33-32-,36-35-,39-38-,53-50-,62-59-. The first-order chi connectivity index (χ1) is 41.0. The molecule has 0 saturated carbocycles. The Morgan fingerprint density at radius 2 is 0.482 bits per heavy atom. The number of ether oxygens (including phenoxy) is 3. The van der Waals surface area contributed by atoms with E-state index in [4.69, 9.17) is 14.2 Å². The quantitative estimate of drug-likeness (QED) is 0.0261. The molecule has 0 spiro atoms. The molecular formula is C77H126O6. The molecule has 6 heteroatoms. The van der Waals surface area contributed by atoms with Crippen molar-refractivity contribution in [1.29, 1.82) is 0 Å². The Bertz CT molecular complexity index is 1800. The molecule has 0 rings (SSSR count). The van der Waals surface area contributed by atoms with E-state index in [1.54, 1.807) is 0 Å². The molecule has 0 aliphatic carbocycles. The highest BCUT2D eigenvalue weighted by Crippen LogP contribution is 2.16. The fourth-order valence-corrected chi connectivity index (χ4v) is 9.24. The number of hydrogen-bond acceptors (Lipinski definition) is 6. The first-order valence-electron chi connectivity index (χ1n) is 34.3. The van der Waals surface area contributed by atoms with Gasteiger partial charge in [0, 0.05) is 19.3 Å². The number of carbonyl (C=O) groups excluding carboxylic acids is 3. The van der Waals surface area contributed by atoms with E-state index in [0.717, 1.165) is 116 Å². The van der Waals surface area contributed by atoms with Crippen LogP contribution in [0.15, 0.2) is 146 Å². The lowest BCUT2D eigenvalue weighted by molar-refractivity contribution is -0.167. The summed E-state index contributed by atoms with van der Waals surface area (Å²) >= 11 is 0. The summed E-state index contributed by atoms with van der Waals surface area (Å²) in [7, 11) is 0. The van der Waals surface area contributed by atoms with E-state index in [2.05, 4.69) is 167 Å². The van der Waals surface area contributed by atoms with Crippen LogP contribution in [-0.2, 0) is 28.6 Å². The molecule has 470 valence electrons. The van der Waals surface area contributed by atoms with Crippen molar-refractivity contribution in [3.05, 3.63) is 146 Å². The van der Waals surface area contributed by atoms with Gasteiger partial charge in [-0.3, -0.25) is 14.4 Å². The summed E-state index contributed by atoms with van der Waals surface area (Å²) in [6.07, 6.45) is 100. The Morgan fingerprint density at radius 1 is 0.253 bits per heavy atom. The van der Waals surface area contributed by atoms with E-state index in [9.17, 15) is 14.4 Å². The zero-order valence-electron chi connectivity index (χ0n) is 53.9. The molecular weight excluding hydrogens is 1020 g/mol. The van der Waals surface area contributed by atoms with Crippen LogP contribution in [0.25, 0.3) is 0 Å². The zero-order chi connectivity index (χ0) is 59.9. The number of allylic oxidation sites excluding steroid dienone is 24. The molecule has 0 amide bonds. The molecule has 0 bridgehead atoms. The van der Waals surface area contributed by atoms with Crippen LogP contribution in [0.2, 0.25) is 0 Å². The van der Waals surface area contributed by atoms with Gasteiger partial charge in [0.1, 0.15) is 13.2 Å². The Kier molecular flexibility index (Phi) is 65.8. The molecule has 0 fully saturated rings. The third kappa shape index (κ3) is 68.0. The molecule has 0 heterocycles. The molecule has 0 radical (unpaired) electrons. The number of rotatable bonds is 61. The Balaban J connectivity index is 4.36. The number of unbranched alkanes of at least 4 members (excludes halogenated alkanes) is 26. The average molecular weight is 1150 g/mol. The highest BCUT2D eigenvalue weighted by Gasteiger charge is 2.19. The average Bonchev–Trinajstić information content (AvgIpc) is 3.49. The van der Waals surface area contributed by atoms with Crippen molar-refractivity contribution in [3.63, 3.8) is 0 Å². The third-order valence-electron chi connectivity index (χ3n) is 14.3. The van der Waals surface area contributed by atoms with Crippen molar-refractivity contribution < 1.29 is 28.6 Å². The Morgan fingerprint density at radius 3 is 0.783 bits per heavy atom. The first-order valence-corrected chi connectivity index (χ1v) is 34.3. The second kappa shape index (κ2) is 69.8. The van der Waals surface area contributed by atoms with Gasteiger partial charge in [0.25, 0.3) is 0 Å². The molecule has 0 N–H and O–H groups in total. The zero-order valence-corrected chi connectivity index (χ0v) is 53.9. The largest absolute Gasteiger partial charge is 0.462 e. The molecule has 0 saturated heterocycles. The van der Waals surface area contributed by atoms with Crippen LogP contribution in [0, 0.1) is 0 Å². The third-order valence-corrected chi connectivity index (χ3v) is 14.3. The van der Waals surface area contributed by atoms with Gasteiger partial charge in [-0.15, -0.1) is 0 Å². The van der Waals surface area contributed by atoms with E-state index in [1.807, 2.05) is 0 Å². The summed E-state index contributed by atoms with van der Waals surface area (Å²) in [5, 5.41) is 0. The van der Waals surface area contributed by atoms with Crippen LogP contribution in [0.5, 0.6) is 0 Å². The van der Waals surface area contributed by atoms with E-state index < -0.39 is 6.10 Å². The van der Waals surface area contributed by atoms with Crippen LogP contribution >= 0.6 is 0 Å². The van der Waals surface area contributed by atoms with Gasteiger partial charge in [0.15, 0.2) is 6.10 Å². The van der Waals surface area contributed by atoms with Crippen LogP contribution in [-0.4, -0.2) is 37.2 Å². The van der Waals surface area contributed by atoms with Crippen LogP contribution in [0.4, 0.5) is 0 Å². The van der Waals surface area contributed by atoms with Gasteiger partial charge in [0.2, 0.25) is 0 Å². The summed E-state index contributed by atoms with van der Waals surface area (Å²) in [5.74, 6) is -0.966. The van der Waals surface area contributed by atoms with Gasteiger partial charge in [-0.2, -0.15) is 0 Å². The maximum absolute atomic E-state index is 12.9. The van der Waals surface area contributed by atoms with E-state index in [0.29, 0.717) is 19.3 Å². The molecule has 83 heavy (non-hydrogen) atoms. The number of esters is 3. The predicted octanol–water partition coefficient (Wildman–Crippen LogP) is 23.9. The van der Waals surface area contributed by atoms with Crippen molar-refractivity contribution in [2.45, 2.75) is 309 Å². The fraction of sp³-hybridized carbons (Fsp3) is 0.649. The maximum Gasteiger partial charge on any atom is 0.306 e. The molecule has 0 aromatic carbocycles. The van der Waals surface area contributed by atoms with Crippen LogP contribution < -0.4 is 0 Å². The highest BCUT2D eigenvalue weighted by atomic mass is 16.6. The smallest absolute Gasteiger partial charge is 0.306 e. The van der Waals surface area contributed by atoms with Gasteiger partial charge in [-0.25, -0.2) is 0 Å². The van der Waals surface area contributed by atoms with E-state index >= 15 is 0 Å². The topological polar surface area (TPSA) is 78.9 Å². The summed E-state index contributed by atoms with van der Waals surface area (Å²) in [4.78, 5) is 38.4. The molecule has 0 aromatic heterocycles. The Hall–Kier alpha value is -4.71. The SMILES string of the molecule is CC/C=C\C/C=C\C/C=C\C/C=C\C/C=C\C/C=C\CCCCCCCCCCCCCCC(=O)OCC(COC(=O)CCCCCCCCC/C=C\CCCCCCCC)OC(=O)CCC/C=C\C/C=C\C/C=C\C/C=C\C/C=C\CC. The van der Waals surface area contributed by atoms with Gasteiger partial charge >= 0.3 is 17.9 Å². The number of carbonyl (C=O) groups is 3. The fourth-order valence-electron chi connectivity index (χ4n) is 9.24. The predicted molar refractivity (Wildman–Crippen MR) is 362 cm³/mol. The molecule has 0 aliphatic heterocycles. The monoisotopic (exact) mass is 1150 g/mol. The molecule has 0 aromatic rings. The lowest BCUT2D eigenvalue weighted by Crippen LogP contribution is -2.30. The first kappa shape index (κ1) is 78.3. The minimum absolute atomic E-state index is 0.106. The minimum atomic E-state index is -0.817. The van der Waals surface area contributed by atoms with E-state index in [1.165, 1.54) is 141 Å². The second-order valence-corrected chi connectivity index (χ2v) is 22.3. The normalized spacial score (nSPS) is 13.0. The number of hydrogen-bond donors (Lipinski definition) is 0. The van der Waals surface area contributed by atoms with E-state index in [-0.39, 0.29) is 37.5 Å². The molecule has 1 atom stereocenters. The summed E-state index contributed by atoms with van der Waals surface area (Å²) in [5.41, 5.74) is 0. The maximum atomic E-state index is 12.9. The van der Waals surface area contributed by atoms with Crippen molar-refractivity contribution >= 4 is 17.9 Å². The Labute approximate surface area is 512 Å². The highest BCUT2D eigenvalue weighted by molar-refractivity contribution is 5.71. The minimum Gasteiger partial charge on any atom is -0.462 e. The molecule has 6 nitrogen and oxygen atoms in total. The van der Waals surface area contributed by atoms with Gasteiger partial charge < -0.3 is 14.2 Å². The van der Waals surface area contributed by atoms with Crippen molar-refractivity contribution in [2.75, 3.05) is 13.2 Å². The lowest BCUT2D eigenvalue weighted by Gasteiger charge is -2.18. The van der Waals surface area contributed by atoms with Crippen LogP contribution in [0.3, 0.4) is 0 Å². The van der Waals surface area contributed by atoms with Crippen molar-refractivity contribution in [1.82, 2.24) is 0 Å². The van der Waals surface area contributed by atoms with Gasteiger partial charge in [-0.1, -0.05) is 295 Å². The van der Waals surface area contributed by atoms with Crippen LogP contribution in [0.1, 0.15) is 303 Å². The summed E-state index contributed by atoms with van der Waals surface area (Å²) in [6.45, 7) is 6.37. The summed E-state index contributed by atoms with van der Waals surface area (Å²) < 4.78 is 16.9. The van der Waals surface area contributed by atoms with Gasteiger partial charge in [-0.05, 0) is 135 Å². The lowest BCUT2D eigenvalue weighted by atomic mass is 10.0. The molecule has 1 unspecified atom stereocenters. The van der Waals surface area contributed by atoms with Gasteiger partial charge in [0.05, 0.1) is 0 Å². The summed E-state index contributed by atoms with van der Waals surface area (Å²) in [6, 6.07) is 0. The van der Waals surface area contributed by atoms with Crippen molar-refractivity contribution in [3.8, 4) is 0 Å².